The number of halogens is 1. The Kier molecular flexibility index (Phi) is 6.29. The van der Waals surface area contributed by atoms with Gasteiger partial charge in [0.05, 0.1) is 11.8 Å². The fraction of sp³-hybridized carbons (Fsp3) is 0.235. The molecule has 0 unspecified atom stereocenters. The van der Waals surface area contributed by atoms with E-state index in [0.29, 0.717) is 5.56 Å². The highest BCUT2D eigenvalue weighted by atomic mass is 79.9. The van der Waals surface area contributed by atoms with Gasteiger partial charge in [-0.25, -0.2) is 5.43 Å². The van der Waals surface area contributed by atoms with E-state index in [2.05, 4.69) is 62.3 Å². The number of rotatable bonds is 6. The summed E-state index contributed by atoms with van der Waals surface area (Å²) in [4.78, 5) is 18.1. The smallest absolute Gasteiger partial charge is 0.272 e. The number of hydrogen-bond acceptors (Lipinski definition) is 4. The van der Waals surface area contributed by atoms with Gasteiger partial charge in [0.25, 0.3) is 5.91 Å². The number of anilines is 1. The van der Waals surface area contributed by atoms with Gasteiger partial charge in [-0.3, -0.25) is 9.78 Å². The number of pyridine rings is 1. The highest BCUT2D eigenvalue weighted by molar-refractivity contribution is 9.10. The van der Waals surface area contributed by atoms with E-state index in [1.165, 1.54) is 11.9 Å². The Morgan fingerprint density at radius 1 is 1.26 bits per heavy atom. The first-order valence-electron chi connectivity index (χ1n) is 7.43. The maximum Gasteiger partial charge on any atom is 0.272 e. The third-order valence-corrected chi connectivity index (χ3v) is 3.80. The summed E-state index contributed by atoms with van der Waals surface area (Å²) in [7, 11) is 0. The molecule has 5 nitrogen and oxygen atoms in total. The molecule has 1 amide bonds. The van der Waals surface area contributed by atoms with Crippen LogP contribution < -0.4 is 10.3 Å². The number of hydrazone groups is 1. The molecule has 0 spiro atoms. The first kappa shape index (κ1) is 17.1. The van der Waals surface area contributed by atoms with E-state index in [0.717, 1.165) is 23.1 Å². The second kappa shape index (κ2) is 8.43. The van der Waals surface area contributed by atoms with Crippen LogP contribution in [0.5, 0.6) is 0 Å². The van der Waals surface area contributed by atoms with E-state index in [1.807, 2.05) is 12.1 Å². The van der Waals surface area contributed by atoms with E-state index in [1.54, 1.807) is 18.5 Å². The maximum absolute atomic E-state index is 11.9. The van der Waals surface area contributed by atoms with Crippen molar-refractivity contribution in [1.29, 1.82) is 0 Å². The van der Waals surface area contributed by atoms with Crippen LogP contribution in [0.15, 0.2) is 52.3 Å². The number of aromatic nitrogens is 1. The lowest BCUT2D eigenvalue weighted by molar-refractivity contribution is 0.0954. The van der Waals surface area contributed by atoms with Crippen LogP contribution >= 0.6 is 15.9 Å². The van der Waals surface area contributed by atoms with Crippen LogP contribution in [-0.2, 0) is 0 Å². The Morgan fingerprint density at radius 3 is 2.57 bits per heavy atom. The predicted molar refractivity (Wildman–Crippen MR) is 97.0 cm³/mol. The van der Waals surface area contributed by atoms with Crippen LogP contribution in [0, 0.1) is 0 Å². The van der Waals surface area contributed by atoms with Crippen LogP contribution in [0.1, 0.15) is 29.8 Å². The molecule has 0 saturated heterocycles. The average molecular weight is 375 g/mol. The fourth-order valence-corrected chi connectivity index (χ4v) is 2.49. The molecule has 0 radical (unpaired) electrons. The molecule has 120 valence electrons. The van der Waals surface area contributed by atoms with Crippen molar-refractivity contribution in [3.05, 3.63) is 58.3 Å². The molecule has 1 aromatic carbocycles. The van der Waals surface area contributed by atoms with Crippen LogP contribution in [0.2, 0.25) is 0 Å². The standard InChI is InChI=1S/C17H19BrN4O/c1-3-22(4-2)16-7-5-13(6-8-16)10-20-21-17(23)14-9-15(18)12-19-11-14/h5-12H,3-4H2,1-2H3,(H,21,23)/b20-10+. The zero-order valence-corrected chi connectivity index (χ0v) is 14.7. The van der Waals surface area contributed by atoms with Gasteiger partial charge < -0.3 is 4.90 Å². The number of hydrogen-bond donors (Lipinski definition) is 1. The Morgan fingerprint density at radius 2 is 1.96 bits per heavy atom. The molecular formula is C17H19BrN4O. The highest BCUT2D eigenvalue weighted by Gasteiger charge is 2.05. The van der Waals surface area contributed by atoms with Gasteiger partial charge in [-0.2, -0.15) is 5.10 Å². The lowest BCUT2D eigenvalue weighted by atomic mass is 10.2. The number of benzene rings is 1. The van der Waals surface area contributed by atoms with Crippen LogP contribution in [-0.4, -0.2) is 30.2 Å². The van der Waals surface area contributed by atoms with Crippen molar-refractivity contribution < 1.29 is 4.79 Å². The van der Waals surface area contributed by atoms with E-state index < -0.39 is 0 Å². The minimum absolute atomic E-state index is 0.296. The van der Waals surface area contributed by atoms with Crippen molar-refractivity contribution in [1.82, 2.24) is 10.4 Å². The van der Waals surface area contributed by atoms with E-state index in [9.17, 15) is 4.79 Å². The molecule has 2 rings (SSSR count). The normalized spacial score (nSPS) is 10.7. The van der Waals surface area contributed by atoms with E-state index >= 15 is 0 Å². The fourth-order valence-electron chi connectivity index (χ4n) is 2.13. The van der Waals surface area contributed by atoms with Gasteiger partial charge >= 0.3 is 0 Å². The van der Waals surface area contributed by atoms with Gasteiger partial charge in [0.15, 0.2) is 0 Å². The summed E-state index contributed by atoms with van der Waals surface area (Å²) in [6.07, 6.45) is 4.74. The van der Waals surface area contributed by atoms with Gasteiger partial charge in [-0.1, -0.05) is 12.1 Å². The SMILES string of the molecule is CCN(CC)c1ccc(/C=N/NC(=O)c2cncc(Br)c2)cc1. The Labute approximate surface area is 144 Å². The van der Waals surface area contributed by atoms with E-state index in [4.69, 9.17) is 0 Å². The van der Waals surface area contributed by atoms with Crippen molar-refractivity contribution in [2.75, 3.05) is 18.0 Å². The molecule has 0 aliphatic carbocycles. The molecule has 0 fully saturated rings. The second-order valence-electron chi connectivity index (χ2n) is 4.85. The summed E-state index contributed by atoms with van der Waals surface area (Å²) < 4.78 is 0.751. The van der Waals surface area contributed by atoms with Gasteiger partial charge in [-0.05, 0) is 53.5 Å². The molecule has 1 N–H and O–H groups in total. The summed E-state index contributed by atoms with van der Waals surface area (Å²) in [5.41, 5.74) is 5.05. The zero-order chi connectivity index (χ0) is 16.7. The predicted octanol–water partition coefficient (Wildman–Crippen LogP) is 3.45. The first-order valence-corrected chi connectivity index (χ1v) is 8.22. The molecule has 0 aliphatic heterocycles. The molecule has 0 aliphatic rings. The van der Waals surface area contributed by atoms with Crippen molar-refractivity contribution in [3.8, 4) is 0 Å². The molecule has 23 heavy (non-hydrogen) atoms. The topological polar surface area (TPSA) is 57.6 Å². The number of nitrogens with zero attached hydrogens (tertiary/aromatic N) is 3. The summed E-state index contributed by atoms with van der Waals surface area (Å²) in [5.74, 6) is -0.296. The van der Waals surface area contributed by atoms with Crippen LogP contribution in [0.4, 0.5) is 5.69 Å². The Balaban J connectivity index is 1.96. The molecule has 1 heterocycles. The van der Waals surface area contributed by atoms with Crippen molar-refractivity contribution >= 4 is 33.7 Å². The zero-order valence-electron chi connectivity index (χ0n) is 13.2. The third kappa shape index (κ3) is 4.89. The lowest BCUT2D eigenvalue weighted by Crippen LogP contribution is -2.21. The number of carbonyl (C=O) groups is 1. The second-order valence-corrected chi connectivity index (χ2v) is 5.77. The molecule has 1 aromatic heterocycles. The molecule has 0 saturated carbocycles. The Hall–Kier alpha value is -2.21. The number of nitrogens with one attached hydrogen (secondary N) is 1. The van der Waals surface area contributed by atoms with Gasteiger partial charge in [0.2, 0.25) is 0 Å². The highest BCUT2D eigenvalue weighted by Crippen LogP contribution is 2.14. The van der Waals surface area contributed by atoms with Crippen LogP contribution in [0.3, 0.4) is 0 Å². The summed E-state index contributed by atoms with van der Waals surface area (Å²) in [5, 5.41) is 3.98. The minimum Gasteiger partial charge on any atom is -0.372 e. The van der Waals surface area contributed by atoms with Crippen molar-refractivity contribution in [2.45, 2.75) is 13.8 Å². The number of amides is 1. The molecular weight excluding hydrogens is 356 g/mol. The molecule has 0 bridgehead atoms. The van der Waals surface area contributed by atoms with Crippen molar-refractivity contribution in [3.63, 3.8) is 0 Å². The largest absolute Gasteiger partial charge is 0.372 e. The molecule has 0 atom stereocenters. The monoisotopic (exact) mass is 374 g/mol. The minimum atomic E-state index is -0.296. The average Bonchev–Trinajstić information content (AvgIpc) is 2.57. The van der Waals surface area contributed by atoms with Crippen molar-refractivity contribution in [2.24, 2.45) is 5.10 Å². The summed E-state index contributed by atoms with van der Waals surface area (Å²) in [6.45, 7) is 6.21. The van der Waals surface area contributed by atoms with Crippen LogP contribution in [0.25, 0.3) is 0 Å². The van der Waals surface area contributed by atoms with Gasteiger partial charge in [0, 0.05) is 35.6 Å². The molecule has 2 aromatic rings. The van der Waals surface area contributed by atoms with E-state index in [-0.39, 0.29) is 5.91 Å². The quantitative estimate of drug-likeness (QED) is 0.622. The lowest BCUT2D eigenvalue weighted by Gasteiger charge is -2.20. The first-order chi connectivity index (χ1) is 11.1. The van der Waals surface area contributed by atoms with Gasteiger partial charge in [-0.15, -0.1) is 0 Å². The Bertz CT molecular complexity index is 681. The summed E-state index contributed by atoms with van der Waals surface area (Å²) >= 11 is 3.28. The number of carbonyl (C=O) groups excluding carboxylic acids is 1. The van der Waals surface area contributed by atoms with Gasteiger partial charge in [0.1, 0.15) is 0 Å². The molecule has 6 heteroatoms. The third-order valence-electron chi connectivity index (χ3n) is 3.37. The maximum atomic E-state index is 11.9. The summed E-state index contributed by atoms with van der Waals surface area (Å²) in [6, 6.07) is 9.74.